The molecule has 0 spiro atoms. The molecule has 50 valence electrons. The van der Waals surface area contributed by atoms with Crippen molar-refractivity contribution in [2.24, 2.45) is 0 Å². The molecule has 0 aliphatic heterocycles. The second kappa shape index (κ2) is 3.08. The van der Waals surface area contributed by atoms with E-state index in [9.17, 15) is 4.39 Å². The first kappa shape index (κ1) is 6.89. The van der Waals surface area contributed by atoms with E-state index in [1.54, 1.807) is 0 Å². The number of thioether (sulfide) groups is 1. The van der Waals surface area contributed by atoms with Gasteiger partial charge in [0.25, 0.3) is 0 Å². The molecular weight excluding hydrogens is 163 g/mol. The monoisotopic (exact) mass is 166 g/mol. The average Bonchev–Trinajstić information content (AvgIpc) is 2.18. The zero-order chi connectivity index (χ0) is 6.69. The summed E-state index contributed by atoms with van der Waals surface area (Å²) in [6.07, 6.45) is 1.44. The van der Waals surface area contributed by atoms with E-state index in [-0.39, 0.29) is 0 Å². The van der Waals surface area contributed by atoms with Gasteiger partial charge in [-0.2, -0.15) is 5.10 Å². The van der Waals surface area contributed by atoms with Crippen LogP contribution in [0.2, 0.25) is 5.02 Å². The number of rotatable bonds is 2. The molecule has 1 heterocycles. The van der Waals surface area contributed by atoms with Crippen LogP contribution in [0.1, 0.15) is 0 Å². The normalized spacial score (nSPS) is 10.0. The summed E-state index contributed by atoms with van der Waals surface area (Å²) < 4.78 is 11.6. The molecule has 0 bridgehead atoms. The number of alkyl halides is 1. The van der Waals surface area contributed by atoms with Crippen molar-refractivity contribution in [1.29, 1.82) is 0 Å². The topological polar surface area (TPSA) is 28.7 Å². The minimum absolute atomic E-state index is 0.470. The van der Waals surface area contributed by atoms with Crippen molar-refractivity contribution in [3.63, 3.8) is 0 Å². The fourth-order valence-electron chi connectivity index (χ4n) is 0.415. The quantitative estimate of drug-likeness (QED) is 0.682. The third kappa shape index (κ3) is 1.59. The molecule has 1 aromatic heterocycles. The molecule has 1 aromatic rings. The second-order valence-corrected chi connectivity index (χ2v) is 2.62. The number of hydrogen-bond donors (Lipinski definition) is 1. The fraction of sp³-hybridized carbons (Fsp3) is 0.250. The van der Waals surface area contributed by atoms with Gasteiger partial charge >= 0.3 is 0 Å². The van der Waals surface area contributed by atoms with Crippen molar-refractivity contribution in [3.05, 3.63) is 11.2 Å². The lowest BCUT2D eigenvalue weighted by Crippen LogP contribution is -1.71. The van der Waals surface area contributed by atoms with Crippen LogP contribution in [0.15, 0.2) is 11.2 Å². The van der Waals surface area contributed by atoms with Gasteiger partial charge in [0.05, 0.1) is 11.2 Å². The van der Waals surface area contributed by atoms with E-state index >= 15 is 0 Å². The summed E-state index contributed by atoms with van der Waals surface area (Å²) in [7, 11) is 0. The van der Waals surface area contributed by atoms with Gasteiger partial charge in [-0.05, 0) is 0 Å². The number of hydrogen-bond acceptors (Lipinski definition) is 2. The molecule has 0 amide bonds. The van der Waals surface area contributed by atoms with Gasteiger partial charge in [-0.15, -0.1) is 0 Å². The standard InChI is InChI=1S/C4H4ClFN2S/c5-3-1-7-8-4(3)9-2-6/h1H,2H2,(H,7,8). The number of halogens is 2. The van der Waals surface area contributed by atoms with Gasteiger partial charge in [0, 0.05) is 0 Å². The Labute approximate surface area is 60.8 Å². The van der Waals surface area contributed by atoms with Crippen molar-refractivity contribution in [3.8, 4) is 0 Å². The van der Waals surface area contributed by atoms with Crippen molar-refractivity contribution >= 4 is 23.4 Å². The third-order valence-corrected chi connectivity index (χ3v) is 1.87. The van der Waals surface area contributed by atoms with Crippen LogP contribution >= 0.6 is 23.4 Å². The van der Waals surface area contributed by atoms with E-state index in [0.29, 0.717) is 10.0 Å². The fourth-order valence-corrected chi connectivity index (χ4v) is 1.09. The lowest BCUT2D eigenvalue weighted by molar-refractivity contribution is 0.605. The predicted octanol–water partition coefficient (Wildman–Crippen LogP) is 2.08. The van der Waals surface area contributed by atoms with E-state index in [2.05, 4.69) is 10.2 Å². The van der Waals surface area contributed by atoms with Crippen LogP contribution < -0.4 is 0 Å². The van der Waals surface area contributed by atoms with E-state index in [1.807, 2.05) is 0 Å². The molecular formula is C4H4ClFN2S. The highest BCUT2D eigenvalue weighted by molar-refractivity contribution is 7.99. The molecule has 9 heavy (non-hydrogen) atoms. The summed E-state index contributed by atoms with van der Waals surface area (Å²) in [6, 6.07) is -0.484. The van der Waals surface area contributed by atoms with Gasteiger partial charge in [0.2, 0.25) is 0 Å². The molecule has 1 N–H and O–H groups in total. The van der Waals surface area contributed by atoms with Crippen molar-refractivity contribution in [2.75, 3.05) is 6.01 Å². The number of H-pyrrole nitrogens is 1. The predicted molar refractivity (Wildman–Crippen MR) is 35.4 cm³/mol. The van der Waals surface area contributed by atoms with Crippen LogP contribution in [0, 0.1) is 0 Å². The second-order valence-electron chi connectivity index (χ2n) is 1.30. The largest absolute Gasteiger partial charge is 0.270 e. The maximum absolute atomic E-state index is 11.6. The average molecular weight is 167 g/mol. The summed E-state index contributed by atoms with van der Waals surface area (Å²) in [4.78, 5) is 0. The Morgan fingerprint density at radius 3 is 3.11 bits per heavy atom. The first-order chi connectivity index (χ1) is 4.34. The van der Waals surface area contributed by atoms with E-state index in [0.717, 1.165) is 11.8 Å². The number of nitrogens with zero attached hydrogens (tertiary/aromatic N) is 1. The number of aromatic amines is 1. The zero-order valence-electron chi connectivity index (χ0n) is 4.40. The summed E-state index contributed by atoms with van der Waals surface area (Å²) in [5.41, 5.74) is 0. The molecule has 2 nitrogen and oxygen atoms in total. The van der Waals surface area contributed by atoms with Crippen LogP contribution in [0.25, 0.3) is 0 Å². The molecule has 1 rings (SSSR count). The molecule has 0 unspecified atom stereocenters. The molecule has 0 aliphatic rings. The summed E-state index contributed by atoms with van der Waals surface area (Å²) in [6.45, 7) is 0. The summed E-state index contributed by atoms with van der Waals surface area (Å²) in [5, 5.41) is 7.20. The zero-order valence-corrected chi connectivity index (χ0v) is 5.97. The minimum atomic E-state index is -0.484. The number of nitrogens with one attached hydrogen (secondary N) is 1. The SMILES string of the molecule is FCSc1[nH]ncc1Cl. The van der Waals surface area contributed by atoms with Gasteiger partial charge < -0.3 is 0 Å². The molecule has 0 aromatic carbocycles. The van der Waals surface area contributed by atoms with Crippen molar-refractivity contribution < 1.29 is 4.39 Å². The van der Waals surface area contributed by atoms with E-state index in [4.69, 9.17) is 11.6 Å². The summed E-state index contributed by atoms with van der Waals surface area (Å²) >= 11 is 6.53. The van der Waals surface area contributed by atoms with Crippen LogP contribution in [0.3, 0.4) is 0 Å². The highest BCUT2D eigenvalue weighted by Gasteiger charge is 2.00. The molecule has 0 saturated heterocycles. The minimum Gasteiger partial charge on any atom is -0.270 e. The van der Waals surface area contributed by atoms with Crippen LogP contribution in [0.5, 0.6) is 0 Å². The van der Waals surface area contributed by atoms with E-state index < -0.39 is 6.01 Å². The van der Waals surface area contributed by atoms with Gasteiger partial charge in [-0.1, -0.05) is 23.4 Å². The van der Waals surface area contributed by atoms with Gasteiger partial charge in [-0.3, -0.25) is 5.10 Å². The van der Waals surface area contributed by atoms with Gasteiger partial charge in [0.1, 0.15) is 11.0 Å². The Bertz CT molecular complexity index is 190. The Morgan fingerprint density at radius 2 is 2.67 bits per heavy atom. The molecule has 0 fully saturated rings. The molecule has 0 aliphatic carbocycles. The van der Waals surface area contributed by atoms with Crippen LogP contribution in [0.4, 0.5) is 4.39 Å². The lowest BCUT2D eigenvalue weighted by atomic mass is 10.7. The first-order valence-corrected chi connectivity index (χ1v) is 3.58. The summed E-state index contributed by atoms with van der Waals surface area (Å²) in [5.74, 6) is 0. The smallest absolute Gasteiger partial charge is 0.141 e. The first-order valence-electron chi connectivity index (χ1n) is 2.22. The molecule has 0 saturated carbocycles. The lowest BCUT2D eigenvalue weighted by Gasteiger charge is -1.87. The van der Waals surface area contributed by atoms with Gasteiger partial charge in [-0.25, -0.2) is 4.39 Å². The highest BCUT2D eigenvalue weighted by Crippen LogP contribution is 2.23. The maximum atomic E-state index is 11.6. The molecule has 0 atom stereocenters. The molecule has 5 heteroatoms. The highest BCUT2D eigenvalue weighted by atomic mass is 35.5. The third-order valence-electron chi connectivity index (χ3n) is 0.760. The Morgan fingerprint density at radius 1 is 1.89 bits per heavy atom. The van der Waals surface area contributed by atoms with Crippen molar-refractivity contribution in [2.45, 2.75) is 5.03 Å². The Balaban J connectivity index is 2.69. The van der Waals surface area contributed by atoms with Crippen molar-refractivity contribution in [1.82, 2.24) is 10.2 Å². The molecule has 0 radical (unpaired) electrons. The van der Waals surface area contributed by atoms with E-state index in [1.165, 1.54) is 6.20 Å². The van der Waals surface area contributed by atoms with Crippen LogP contribution in [-0.2, 0) is 0 Å². The Hall–Kier alpha value is -0.220. The van der Waals surface area contributed by atoms with Gasteiger partial charge in [0.15, 0.2) is 0 Å². The number of aromatic nitrogens is 2. The maximum Gasteiger partial charge on any atom is 0.141 e. The Kier molecular flexibility index (Phi) is 2.36. The van der Waals surface area contributed by atoms with Crippen LogP contribution in [-0.4, -0.2) is 16.2 Å².